The first-order valence-electron chi connectivity index (χ1n) is 10.5. The first-order valence-corrected chi connectivity index (χ1v) is 13.3. The van der Waals surface area contributed by atoms with Crippen LogP contribution in [0, 0.1) is 0 Å². The third-order valence-electron chi connectivity index (χ3n) is 5.03. The summed E-state index contributed by atoms with van der Waals surface area (Å²) < 4.78 is 23.1. The molecule has 0 aliphatic rings. The molecule has 0 spiro atoms. The van der Waals surface area contributed by atoms with Gasteiger partial charge in [-0.3, -0.25) is 19.8 Å². The fraction of sp³-hybridized carbons (Fsp3) is 0.500. The number of hydrogen-bond donors (Lipinski definition) is 2. The van der Waals surface area contributed by atoms with Crippen LogP contribution in [-0.2, 0) is 9.84 Å². The smallest absolute Gasteiger partial charge is 0.271 e. The number of carbonyl (C=O) groups is 2. The summed E-state index contributed by atoms with van der Waals surface area (Å²) in [5.41, 5.74) is 0.543. The van der Waals surface area contributed by atoms with E-state index in [0.717, 1.165) is 30.6 Å². The van der Waals surface area contributed by atoms with Gasteiger partial charge in [-0.25, -0.2) is 13.4 Å². The van der Waals surface area contributed by atoms with Gasteiger partial charge in [0.25, 0.3) is 11.8 Å². The van der Waals surface area contributed by atoms with E-state index < -0.39 is 15.7 Å². The molecule has 0 aliphatic heterocycles. The lowest BCUT2D eigenvalue weighted by molar-refractivity contribution is 0.0925. The molecule has 1 unspecified atom stereocenters. The summed E-state index contributed by atoms with van der Waals surface area (Å²) in [4.78, 5) is 31.6. The number of sulfone groups is 1. The maximum Gasteiger partial charge on any atom is 0.271 e. The molecule has 1 heterocycles. The Bertz CT molecular complexity index is 1020. The Morgan fingerprint density at radius 1 is 1.03 bits per heavy atom. The zero-order valence-corrected chi connectivity index (χ0v) is 21.0. The van der Waals surface area contributed by atoms with E-state index >= 15 is 0 Å². The number of anilines is 1. The van der Waals surface area contributed by atoms with Crippen molar-refractivity contribution in [3.63, 3.8) is 0 Å². The van der Waals surface area contributed by atoms with E-state index in [1.807, 2.05) is 6.92 Å². The lowest BCUT2D eigenvalue weighted by atomic mass is 10.1. The fourth-order valence-electron chi connectivity index (χ4n) is 3.28. The summed E-state index contributed by atoms with van der Waals surface area (Å²) in [5, 5.41) is 7.49. The molecule has 1 aromatic heterocycles. The first-order chi connectivity index (χ1) is 14.9. The number of amides is 2. The molecule has 0 saturated carbocycles. The van der Waals surface area contributed by atoms with Crippen LogP contribution in [0.25, 0.3) is 0 Å². The summed E-state index contributed by atoms with van der Waals surface area (Å²) in [6.45, 7) is 11.5. The van der Waals surface area contributed by atoms with Crippen LogP contribution in [0.2, 0.25) is 0 Å². The van der Waals surface area contributed by atoms with E-state index in [9.17, 15) is 18.0 Å². The van der Waals surface area contributed by atoms with E-state index in [2.05, 4.69) is 48.2 Å². The highest BCUT2D eigenvalue weighted by Crippen LogP contribution is 2.18. The molecule has 32 heavy (non-hydrogen) atoms. The molecule has 0 aliphatic carbocycles. The van der Waals surface area contributed by atoms with Gasteiger partial charge in [-0.05, 0) is 65.3 Å². The van der Waals surface area contributed by atoms with Gasteiger partial charge in [0, 0.05) is 41.9 Å². The number of thiazole rings is 1. The zero-order chi connectivity index (χ0) is 24.1. The van der Waals surface area contributed by atoms with Gasteiger partial charge in [0.2, 0.25) is 0 Å². The van der Waals surface area contributed by atoms with E-state index in [4.69, 9.17) is 0 Å². The van der Waals surface area contributed by atoms with Gasteiger partial charge >= 0.3 is 0 Å². The highest BCUT2D eigenvalue weighted by atomic mass is 32.2. The van der Waals surface area contributed by atoms with Crippen molar-refractivity contribution in [1.82, 2.24) is 15.2 Å². The Morgan fingerprint density at radius 2 is 1.62 bits per heavy atom. The SMILES string of the molecule is CC(CCN(C(C)C)C(C)C)NC(=O)c1csc(NC(=O)c2ccc(S(C)(=O)=O)cc2)n1. The fourth-order valence-corrected chi connectivity index (χ4v) is 4.60. The minimum absolute atomic E-state index is 0.0180. The van der Waals surface area contributed by atoms with Gasteiger partial charge in [-0.1, -0.05) is 0 Å². The molecule has 2 aromatic rings. The highest BCUT2D eigenvalue weighted by Gasteiger charge is 2.18. The summed E-state index contributed by atoms with van der Waals surface area (Å²) >= 11 is 1.15. The second-order valence-corrected chi connectivity index (χ2v) is 11.3. The molecule has 8 nitrogen and oxygen atoms in total. The van der Waals surface area contributed by atoms with Crippen molar-refractivity contribution in [2.24, 2.45) is 0 Å². The summed E-state index contributed by atoms with van der Waals surface area (Å²) in [7, 11) is -3.33. The van der Waals surface area contributed by atoms with Crippen LogP contribution in [0.4, 0.5) is 5.13 Å². The Kier molecular flexibility index (Phi) is 8.94. The first kappa shape index (κ1) is 26.0. The van der Waals surface area contributed by atoms with Crippen molar-refractivity contribution in [2.45, 2.75) is 64.1 Å². The molecule has 10 heteroatoms. The minimum atomic E-state index is -3.33. The maximum atomic E-state index is 12.5. The van der Waals surface area contributed by atoms with Crippen LogP contribution in [-0.4, -0.2) is 61.0 Å². The second kappa shape index (κ2) is 11.0. The van der Waals surface area contributed by atoms with Crippen molar-refractivity contribution in [3.05, 3.63) is 40.9 Å². The molecule has 0 fully saturated rings. The van der Waals surface area contributed by atoms with Crippen molar-refractivity contribution in [3.8, 4) is 0 Å². The van der Waals surface area contributed by atoms with Gasteiger partial charge in [0.1, 0.15) is 5.69 Å². The predicted molar refractivity (Wildman–Crippen MR) is 128 cm³/mol. The number of hydrogen-bond acceptors (Lipinski definition) is 7. The Hall–Kier alpha value is -2.30. The maximum absolute atomic E-state index is 12.5. The van der Waals surface area contributed by atoms with Gasteiger partial charge in [0.15, 0.2) is 15.0 Å². The number of nitrogens with zero attached hydrogens (tertiary/aromatic N) is 2. The topological polar surface area (TPSA) is 108 Å². The molecule has 0 radical (unpaired) electrons. The highest BCUT2D eigenvalue weighted by molar-refractivity contribution is 7.90. The zero-order valence-electron chi connectivity index (χ0n) is 19.4. The molecule has 1 aromatic carbocycles. The van der Waals surface area contributed by atoms with E-state index in [1.165, 1.54) is 24.3 Å². The summed E-state index contributed by atoms with van der Waals surface area (Å²) in [6.07, 6.45) is 1.93. The molecule has 1 atom stereocenters. The molecule has 2 N–H and O–H groups in total. The molecule has 176 valence electrons. The molecular formula is C22H32N4O4S2. The van der Waals surface area contributed by atoms with Crippen molar-refractivity contribution >= 4 is 38.1 Å². The standard InChI is InChI=1S/C22H32N4O4S2/c1-14(2)26(15(3)4)12-11-16(5)23-21(28)19-13-31-22(24-19)25-20(27)17-7-9-18(10-8-17)32(6,29)30/h7-10,13-16H,11-12H2,1-6H3,(H,23,28)(H,24,25,27). The lowest BCUT2D eigenvalue weighted by Gasteiger charge is -2.31. The van der Waals surface area contributed by atoms with Crippen LogP contribution in [0.3, 0.4) is 0 Å². The lowest BCUT2D eigenvalue weighted by Crippen LogP contribution is -2.41. The quantitative estimate of drug-likeness (QED) is 0.539. The number of benzene rings is 1. The normalized spacial score (nSPS) is 12.9. The molecule has 0 bridgehead atoms. The average molecular weight is 481 g/mol. The summed E-state index contributed by atoms with van der Waals surface area (Å²) in [6, 6.07) is 6.49. The predicted octanol–water partition coefficient (Wildman–Crippen LogP) is 3.43. The van der Waals surface area contributed by atoms with E-state index in [-0.39, 0.29) is 22.5 Å². The molecular weight excluding hydrogens is 448 g/mol. The second-order valence-electron chi connectivity index (χ2n) is 8.38. The van der Waals surface area contributed by atoms with Gasteiger partial charge in [-0.2, -0.15) is 0 Å². The van der Waals surface area contributed by atoms with Crippen molar-refractivity contribution in [2.75, 3.05) is 18.1 Å². The van der Waals surface area contributed by atoms with Crippen LogP contribution in [0.5, 0.6) is 0 Å². The Balaban J connectivity index is 1.92. The number of aromatic nitrogens is 1. The molecule has 2 amide bonds. The van der Waals surface area contributed by atoms with E-state index in [0.29, 0.717) is 22.8 Å². The van der Waals surface area contributed by atoms with Crippen molar-refractivity contribution in [1.29, 1.82) is 0 Å². The minimum Gasteiger partial charge on any atom is -0.348 e. The number of rotatable bonds is 10. The largest absolute Gasteiger partial charge is 0.348 e. The van der Waals surface area contributed by atoms with Crippen LogP contribution in [0.1, 0.15) is 61.9 Å². The number of carbonyl (C=O) groups excluding carboxylic acids is 2. The molecule has 0 saturated heterocycles. The van der Waals surface area contributed by atoms with Crippen molar-refractivity contribution < 1.29 is 18.0 Å². The van der Waals surface area contributed by atoms with Crippen LogP contribution < -0.4 is 10.6 Å². The van der Waals surface area contributed by atoms with E-state index in [1.54, 1.807) is 5.38 Å². The third-order valence-corrected chi connectivity index (χ3v) is 6.91. The van der Waals surface area contributed by atoms with Gasteiger partial charge in [-0.15, -0.1) is 11.3 Å². The monoisotopic (exact) mass is 480 g/mol. The molecule has 2 rings (SSSR count). The van der Waals surface area contributed by atoms with Crippen LogP contribution in [0.15, 0.2) is 34.5 Å². The Labute approximate surface area is 194 Å². The van der Waals surface area contributed by atoms with Gasteiger partial charge < -0.3 is 5.32 Å². The average Bonchev–Trinajstić information content (AvgIpc) is 3.15. The number of nitrogens with one attached hydrogen (secondary N) is 2. The Morgan fingerprint density at radius 3 is 2.16 bits per heavy atom. The van der Waals surface area contributed by atoms with Crippen LogP contribution >= 0.6 is 11.3 Å². The van der Waals surface area contributed by atoms with Gasteiger partial charge in [0.05, 0.1) is 4.90 Å². The third kappa shape index (κ3) is 7.39. The summed E-state index contributed by atoms with van der Waals surface area (Å²) in [5.74, 6) is -0.713.